The Balaban J connectivity index is 2.69. The Bertz CT molecular complexity index is 619. The molecule has 0 fully saturated rings. The van der Waals surface area contributed by atoms with Crippen molar-refractivity contribution in [2.75, 3.05) is 19.7 Å². The van der Waals surface area contributed by atoms with Crippen LogP contribution in [0.5, 0.6) is 5.75 Å². The number of aliphatic carboxylic acids is 1. The zero-order valence-electron chi connectivity index (χ0n) is 14.9. The van der Waals surface area contributed by atoms with Gasteiger partial charge in [0.25, 0.3) is 0 Å². The number of halogens is 1. The zero-order chi connectivity index (χ0) is 19.0. The van der Waals surface area contributed by atoms with E-state index in [0.717, 1.165) is 3.57 Å². The van der Waals surface area contributed by atoms with E-state index in [1.54, 1.807) is 20.8 Å². The predicted octanol–water partition coefficient (Wildman–Crippen LogP) is 3.94. The molecule has 0 aliphatic heterocycles. The number of hydrogen-bond donors (Lipinski definition) is 1. The first-order valence-electron chi connectivity index (χ1n) is 7.85. The average Bonchev–Trinajstić information content (AvgIpc) is 2.50. The van der Waals surface area contributed by atoms with Crippen LogP contribution in [0.2, 0.25) is 0 Å². The molecule has 0 spiro atoms. The molecular formula is C18H24INO5. The van der Waals surface area contributed by atoms with E-state index in [-0.39, 0.29) is 25.3 Å². The molecule has 25 heavy (non-hydrogen) atoms. The second-order valence-corrected chi connectivity index (χ2v) is 7.67. The Morgan fingerprint density at radius 1 is 1.24 bits per heavy atom. The van der Waals surface area contributed by atoms with E-state index in [2.05, 4.69) is 22.6 Å². The van der Waals surface area contributed by atoms with Crippen LogP contribution >= 0.6 is 22.6 Å². The van der Waals surface area contributed by atoms with Crippen molar-refractivity contribution in [2.45, 2.75) is 33.3 Å². The van der Waals surface area contributed by atoms with Gasteiger partial charge in [0.05, 0.1) is 6.54 Å². The maximum absolute atomic E-state index is 12.3. The van der Waals surface area contributed by atoms with E-state index in [4.69, 9.17) is 14.6 Å². The van der Waals surface area contributed by atoms with Crippen molar-refractivity contribution >= 4 is 34.7 Å². The van der Waals surface area contributed by atoms with Gasteiger partial charge in [-0.3, -0.25) is 0 Å². The van der Waals surface area contributed by atoms with Crippen LogP contribution < -0.4 is 4.74 Å². The van der Waals surface area contributed by atoms with Crippen LogP contribution in [0.25, 0.3) is 0 Å². The lowest BCUT2D eigenvalue weighted by Gasteiger charge is -2.26. The summed E-state index contributed by atoms with van der Waals surface area (Å²) in [6.07, 6.45) is 0.977. The number of carbonyl (C=O) groups excluding carboxylic acids is 1. The number of nitrogens with zero attached hydrogens (tertiary/aromatic N) is 1. The smallest absolute Gasteiger partial charge is 0.410 e. The molecule has 0 aliphatic rings. The molecular weight excluding hydrogens is 437 g/mol. The van der Waals surface area contributed by atoms with Crippen LogP contribution in [0.15, 0.2) is 35.9 Å². The van der Waals surface area contributed by atoms with Gasteiger partial charge in [-0.05, 0) is 74.6 Å². The van der Waals surface area contributed by atoms with Gasteiger partial charge in [0, 0.05) is 15.7 Å². The molecule has 0 radical (unpaired) electrons. The third-order valence-corrected chi connectivity index (χ3v) is 3.77. The second kappa shape index (κ2) is 9.65. The molecule has 1 aromatic carbocycles. The van der Waals surface area contributed by atoms with Gasteiger partial charge in [0.1, 0.15) is 18.0 Å². The van der Waals surface area contributed by atoms with Gasteiger partial charge >= 0.3 is 12.1 Å². The predicted molar refractivity (Wildman–Crippen MR) is 104 cm³/mol. The van der Waals surface area contributed by atoms with Crippen LogP contribution in [0, 0.1) is 3.57 Å². The molecule has 138 valence electrons. The van der Waals surface area contributed by atoms with Crippen molar-refractivity contribution in [3.05, 3.63) is 39.5 Å². The summed E-state index contributed by atoms with van der Waals surface area (Å²) >= 11 is 2.21. The number of amides is 1. The van der Waals surface area contributed by atoms with Crippen molar-refractivity contribution in [3.8, 4) is 5.75 Å². The van der Waals surface area contributed by atoms with Gasteiger partial charge in [-0.1, -0.05) is 6.08 Å². The van der Waals surface area contributed by atoms with Gasteiger partial charge in [0.2, 0.25) is 0 Å². The maximum atomic E-state index is 12.3. The first-order chi connectivity index (χ1) is 11.6. The van der Waals surface area contributed by atoms with Gasteiger partial charge in [-0.15, -0.1) is 0 Å². The maximum Gasteiger partial charge on any atom is 0.410 e. The Hall–Kier alpha value is -1.77. The number of carbonyl (C=O) groups is 2. The largest absolute Gasteiger partial charge is 0.492 e. The summed E-state index contributed by atoms with van der Waals surface area (Å²) in [4.78, 5) is 24.6. The molecule has 0 saturated heterocycles. The summed E-state index contributed by atoms with van der Waals surface area (Å²) in [6, 6.07) is 7.57. The molecule has 1 N–H and O–H groups in total. The van der Waals surface area contributed by atoms with Crippen molar-refractivity contribution in [2.24, 2.45) is 0 Å². The minimum Gasteiger partial charge on any atom is -0.492 e. The molecule has 1 aromatic rings. The molecule has 0 saturated carbocycles. The highest BCUT2D eigenvalue weighted by atomic mass is 127. The lowest BCUT2D eigenvalue weighted by Crippen LogP contribution is -2.39. The van der Waals surface area contributed by atoms with Crippen molar-refractivity contribution in [3.63, 3.8) is 0 Å². The summed E-state index contributed by atoms with van der Waals surface area (Å²) < 4.78 is 12.1. The molecule has 1 amide bonds. The summed E-state index contributed by atoms with van der Waals surface area (Å²) in [5.74, 6) is -0.305. The quantitative estimate of drug-likeness (QED) is 0.492. The molecule has 1 rings (SSSR count). The van der Waals surface area contributed by atoms with Crippen LogP contribution in [0.4, 0.5) is 4.79 Å². The normalized spacial score (nSPS) is 11.8. The van der Waals surface area contributed by atoms with E-state index in [0.29, 0.717) is 5.75 Å². The summed E-state index contributed by atoms with van der Waals surface area (Å²) in [5, 5.41) is 8.94. The molecule has 0 bridgehead atoms. The van der Waals surface area contributed by atoms with E-state index >= 15 is 0 Å². The van der Waals surface area contributed by atoms with Gasteiger partial charge < -0.3 is 19.5 Å². The van der Waals surface area contributed by atoms with Crippen LogP contribution in [-0.2, 0) is 9.53 Å². The van der Waals surface area contributed by atoms with Crippen molar-refractivity contribution in [1.82, 2.24) is 4.90 Å². The lowest BCUT2D eigenvalue weighted by atomic mass is 10.2. The summed E-state index contributed by atoms with van der Waals surface area (Å²) in [7, 11) is 0. The van der Waals surface area contributed by atoms with Crippen LogP contribution in [0.1, 0.15) is 27.7 Å². The van der Waals surface area contributed by atoms with E-state index < -0.39 is 17.7 Å². The Morgan fingerprint density at radius 2 is 1.84 bits per heavy atom. The van der Waals surface area contributed by atoms with Crippen molar-refractivity contribution < 1.29 is 24.2 Å². The first kappa shape index (κ1) is 21.3. The van der Waals surface area contributed by atoms with Gasteiger partial charge in [-0.2, -0.15) is 0 Å². The fourth-order valence-electron chi connectivity index (χ4n) is 1.72. The summed E-state index contributed by atoms with van der Waals surface area (Å²) in [6.45, 7) is 7.53. The van der Waals surface area contributed by atoms with Crippen LogP contribution in [-0.4, -0.2) is 47.4 Å². The Kier molecular flexibility index (Phi) is 8.21. The number of benzene rings is 1. The van der Waals surface area contributed by atoms with E-state index in [1.165, 1.54) is 17.9 Å². The molecule has 0 aromatic heterocycles. The average molecular weight is 461 g/mol. The second-order valence-electron chi connectivity index (χ2n) is 6.42. The monoisotopic (exact) mass is 461 g/mol. The number of hydrogen-bond acceptors (Lipinski definition) is 4. The topological polar surface area (TPSA) is 76.1 Å². The molecule has 7 heteroatoms. The fraction of sp³-hybridized carbons (Fsp3) is 0.444. The fourth-order valence-corrected chi connectivity index (χ4v) is 2.08. The SMILES string of the molecule is CC(=CCN(CCOc1ccc(I)cc1)C(=O)OC(C)(C)C)C(=O)O. The number of ether oxygens (including phenoxy) is 2. The van der Waals surface area contributed by atoms with E-state index in [9.17, 15) is 9.59 Å². The number of rotatable bonds is 7. The number of carboxylic acid groups (broad SMARTS) is 1. The van der Waals surface area contributed by atoms with Gasteiger partial charge in [0.15, 0.2) is 0 Å². The van der Waals surface area contributed by atoms with Crippen molar-refractivity contribution in [1.29, 1.82) is 0 Å². The highest BCUT2D eigenvalue weighted by Crippen LogP contribution is 2.14. The van der Waals surface area contributed by atoms with E-state index in [1.807, 2.05) is 24.3 Å². The summed E-state index contributed by atoms with van der Waals surface area (Å²) in [5.41, 5.74) is -0.454. The van der Waals surface area contributed by atoms with Crippen LogP contribution in [0.3, 0.4) is 0 Å². The minimum absolute atomic E-state index is 0.142. The minimum atomic E-state index is -1.01. The number of carboxylic acids is 1. The van der Waals surface area contributed by atoms with Gasteiger partial charge in [-0.25, -0.2) is 9.59 Å². The Morgan fingerprint density at radius 3 is 2.36 bits per heavy atom. The molecule has 0 atom stereocenters. The first-order valence-corrected chi connectivity index (χ1v) is 8.92. The highest BCUT2D eigenvalue weighted by Gasteiger charge is 2.21. The molecule has 0 aliphatic carbocycles. The third kappa shape index (κ3) is 8.76. The molecule has 0 heterocycles. The molecule has 6 nitrogen and oxygen atoms in total. The Labute approximate surface area is 161 Å². The zero-order valence-corrected chi connectivity index (χ0v) is 17.1. The third-order valence-electron chi connectivity index (χ3n) is 3.05. The highest BCUT2D eigenvalue weighted by molar-refractivity contribution is 14.1. The standard InChI is InChI=1S/C18H24INO5/c1-13(16(21)22)9-10-20(17(23)25-18(2,3)4)11-12-24-15-7-5-14(19)6-8-15/h5-9H,10-12H2,1-4H3,(H,21,22). The molecule has 0 unspecified atom stereocenters. The lowest BCUT2D eigenvalue weighted by molar-refractivity contribution is -0.132.